The van der Waals surface area contributed by atoms with Crippen molar-refractivity contribution < 1.29 is 5.11 Å². The number of aromatic amines is 1. The highest BCUT2D eigenvalue weighted by Gasteiger charge is 2.19. The summed E-state index contributed by atoms with van der Waals surface area (Å²) >= 11 is 5.16. The Labute approximate surface area is 178 Å². The maximum absolute atomic E-state index is 12.6. The molecule has 0 saturated carbocycles. The van der Waals surface area contributed by atoms with Crippen LogP contribution in [0.3, 0.4) is 0 Å². The zero-order valence-corrected chi connectivity index (χ0v) is 16.9. The number of allylic oxidation sites excluding steroid dienone is 3. The van der Waals surface area contributed by atoms with Crippen LogP contribution in [0.15, 0.2) is 94.9 Å². The Hall–Kier alpha value is -3.77. The largest absolute Gasteiger partial charge is 0.494 e. The molecule has 1 aliphatic heterocycles. The van der Waals surface area contributed by atoms with Gasteiger partial charge in [-0.15, -0.1) is 6.58 Å². The molecule has 1 aromatic heterocycles. The molecular weight excluding hydrogens is 394 g/mol. The van der Waals surface area contributed by atoms with Crippen LogP contribution in [0.4, 0.5) is 0 Å². The fraction of sp³-hybridized carbons (Fsp3) is 0.0417. The Morgan fingerprint density at radius 1 is 1.07 bits per heavy atom. The summed E-state index contributed by atoms with van der Waals surface area (Å²) in [6.07, 6.45) is 5.18. The highest BCUT2D eigenvalue weighted by Crippen LogP contribution is 2.33. The van der Waals surface area contributed by atoms with Crippen molar-refractivity contribution in [3.05, 3.63) is 117 Å². The number of rotatable bonds is 5. The average Bonchev–Trinajstić information content (AvgIpc) is 3.19. The van der Waals surface area contributed by atoms with Crippen molar-refractivity contribution in [3.63, 3.8) is 0 Å². The monoisotopic (exact) mass is 413 g/mol. The van der Waals surface area contributed by atoms with Crippen molar-refractivity contribution >= 4 is 29.6 Å². The first-order valence-electron chi connectivity index (χ1n) is 9.39. The molecule has 0 bridgehead atoms. The average molecular weight is 414 g/mol. The van der Waals surface area contributed by atoms with E-state index in [0.29, 0.717) is 5.70 Å². The second-order valence-electron chi connectivity index (χ2n) is 6.71. The summed E-state index contributed by atoms with van der Waals surface area (Å²) in [6, 6.07) is 19.6. The lowest BCUT2D eigenvalue weighted by atomic mass is 10.0. The van der Waals surface area contributed by atoms with Crippen molar-refractivity contribution in [1.82, 2.24) is 9.55 Å². The van der Waals surface area contributed by atoms with E-state index in [1.807, 2.05) is 66.7 Å². The Kier molecular flexibility index (Phi) is 5.41. The molecule has 6 heteroatoms. The summed E-state index contributed by atoms with van der Waals surface area (Å²) in [5.41, 5.74) is 3.80. The molecule has 0 atom stereocenters. The van der Waals surface area contributed by atoms with Crippen molar-refractivity contribution in [2.45, 2.75) is 6.54 Å². The van der Waals surface area contributed by atoms with Gasteiger partial charge in [0.15, 0.2) is 4.77 Å². The van der Waals surface area contributed by atoms with E-state index in [4.69, 9.17) is 17.2 Å². The van der Waals surface area contributed by atoms with Crippen molar-refractivity contribution in [2.75, 3.05) is 0 Å². The number of benzene rings is 2. The normalized spacial score (nSPS) is 14.5. The zero-order valence-electron chi connectivity index (χ0n) is 16.1. The van der Waals surface area contributed by atoms with Gasteiger partial charge in [0.1, 0.15) is 5.56 Å². The molecule has 30 heavy (non-hydrogen) atoms. The van der Waals surface area contributed by atoms with Gasteiger partial charge in [0.25, 0.3) is 5.56 Å². The van der Waals surface area contributed by atoms with E-state index in [9.17, 15) is 9.90 Å². The molecule has 3 aromatic rings. The van der Waals surface area contributed by atoms with Gasteiger partial charge >= 0.3 is 0 Å². The lowest BCUT2D eigenvalue weighted by Gasteiger charge is -2.10. The predicted molar refractivity (Wildman–Crippen MR) is 123 cm³/mol. The number of aromatic hydroxyl groups is 1. The molecule has 0 saturated heterocycles. The molecule has 0 spiro atoms. The third kappa shape index (κ3) is 3.73. The van der Waals surface area contributed by atoms with Crippen molar-refractivity contribution in [3.8, 4) is 5.88 Å². The zero-order chi connectivity index (χ0) is 21.1. The van der Waals surface area contributed by atoms with Gasteiger partial charge in [-0.25, -0.2) is 4.99 Å². The van der Waals surface area contributed by atoms with Gasteiger partial charge in [-0.3, -0.25) is 14.3 Å². The second kappa shape index (κ2) is 8.31. The predicted octanol–water partition coefficient (Wildman–Crippen LogP) is 4.72. The SMILES string of the molecule is C=CCn1c(O)c(C=C2N=C(c3ccccc3)C=C2c2ccccc2)c(=O)[nH]c1=S. The van der Waals surface area contributed by atoms with Crippen LogP contribution < -0.4 is 5.56 Å². The van der Waals surface area contributed by atoms with Crippen LogP contribution in [0, 0.1) is 4.77 Å². The summed E-state index contributed by atoms with van der Waals surface area (Å²) in [7, 11) is 0. The van der Waals surface area contributed by atoms with Gasteiger partial charge in [0, 0.05) is 17.7 Å². The van der Waals surface area contributed by atoms with E-state index in [-0.39, 0.29) is 22.8 Å². The first kappa shape index (κ1) is 19.5. The van der Waals surface area contributed by atoms with E-state index < -0.39 is 5.56 Å². The molecule has 148 valence electrons. The quantitative estimate of drug-likeness (QED) is 0.469. The maximum atomic E-state index is 12.6. The molecule has 2 heterocycles. The summed E-state index contributed by atoms with van der Waals surface area (Å²) in [5.74, 6) is -0.216. The number of hydrogen-bond acceptors (Lipinski definition) is 4. The number of hydrogen-bond donors (Lipinski definition) is 2. The maximum Gasteiger partial charge on any atom is 0.262 e. The summed E-state index contributed by atoms with van der Waals surface area (Å²) in [5, 5.41) is 10.7. The summed E-state index contributed by atoms with van der Waals surface area (Å²) < 4.78 is 1.55. The van der Waals surface area contributed by atoms with Gasteiger partial charge < -0.3 is 5.11 Å². The van der Waals surface area contributed by atoms with Crippen LogP contribution >= 0.6 is 12.2 Å². The van der Waals surface area contributed by atoms with E-state index >= 15 is 0 Å². The summed E-state index contributed by atoms with van der Waals surface area (Å²) in [4.78, 5) is 19.9. The van der Waals surface area contributed by atoms with Crippen LogP contribution in [-0.4, -0.2) is 20.4 Å². The van der Waals surface area contributed by atoms with Gasteiger partial charge in [-0.05, 0) is 29.9 Å². The van der Waals surface area contributed by atoms with Crippen LogP contribution in [-0.2, 0) is 6.54 Å². The molecule has 1 aliphatic rings. The topological polar surface area (TPSA) is 70.4 Å². The second-order valence-corrected chi connectivity index (χ2v) is 7.10. The molecular formula is C24H19N3O2S. The minimum Gasteiger partial charge on any atom is -0.494 e. The third-order valence-corrected chi connectivity index (χ3v) is 5.07. The fourth-order valence-electron chi connectivity index (χ4n) is 3.29. The van der Waals surface area contributed by atoms with Gasteiger partial charge in [-0.2, -0.15) is 0 Å². The smallest absolute Gasteiger partial charge is 0.262 e. The molecule has 0 amide bonds. The lowest BCUT2D eigenvalue weighted by molar-refractivity contribution is 0.412. The first-order valence-corrected chi connectivity index (χ1v) is 9.79. The molecule has 0 radical (unpaired) electrons. The minimum absolute atomic E-state index is 0.0975. The van der Waals surface area contributed by atoms with E-state index in [0.717, 1.165) is 22.4 Å². The number of H-pyrrole nitrogens is 1. The molecule has 4 rings (SSSR count). The van der Waals surface area contributed by atoms with Gasteiger partial charge in [-0.1, -0.05) is 66.7 Å². The first-order chi connectivity index (χ1) is 14.6. The molecule has 0 unspecified atom stereocenters. The Morgan fingerprint density at radius 2 is 1.70 bits per heavy atom. The number of aliphatic imine (C=N–C) groups is 1. The van der Waals surface area contributed by atoms with E-state index in [1.54, 1.807) is 12.2 Å². The van der Waals surface area contributed by atoms with Gasteiger partial charge in [0.05, 0.1) is 11.4 Å². The highest BCUT2D eigenvalue weighted by molar-refractivity contribution is 7.71. The summed E-state index contributed by atoms with van der Waals surface area (Å²) in [6.45, 7) is 3.95. The molecule has 5 nitrogen and oxygen atoms in total. The number of aromatic nitrogens is 2. The number of nitrogens with one attached hydrogen (secondary N) is 1. The minimum atomic E-state index is -0.471. The van der Waals surface area contributed by atoms with Crippen LogP contribution in [0.25, 0.3) is 11.6 Å². The van der Waals surface area contributed by atoms with Crippen LogP contribution in [0.5, 0.6) is 5.88 Å². The Bertz CT molecular complexity index is 1310. The van der Waals surface area contributed by atoms with E-state index in [2.05, 4.69) is 11.6 Å². The van der Waals surface area contributed by atoms with Crippen molar-refractivity contribution in [2.24, 2.45) is 4.99 Å². The third-order valence-electron chi connectivity index (χ3n) is 4.75. The standard InChI is InChI=1S/C24H19N3O2S/c1-2-13-27-23(29)19(22(28)26-24(27)30)15-21-18(16-9-5-3-6-10-16)14-20(25-21)17-11-7-4-8-12-17/h2-12,14-15,29H,1,13H2,(H,26,28,30). The molecule has 2 aromatic carbocycles. The van der Waals surface area contributed by atoms with Gasteiger partial charge in [0.2, 0.25) is 5.88 Å². The fourth-order valence-corrected chi connectivity index (χ4v) is 3.54. The highest BCUT2D eigenvalue weighted by atomic mass is 32.1. The number of nitrogens with zero attached hydrogens (tertiary/aromatic N) is 2. The van der Waals surface area contributed by atoms with Crippen LogP contribution in [0.2, 0.25) is 0 Å². The molecule has 2 N–H and O–H groups in total. The Balaban J connectivity index is 1.91. The lowest BCUT2D eigenvalue weighted by Crippen LogP contribution is -2.16. The van der Waals surface area contributed by atoms with Crippen molar-refractivity contribution in [1.29, 1.82) is 0 Å². The molecule has 0 fully saturated rings. The van der Waals surface area contributed by atoms with Crippen LogP contribution in [0.1, 0.15) is 16.7 Å². The molecule has 0 aliphatic carbocycles. The van der Waals surface area contributed by atoms with E-state index in [1.165, 1.54) is 4.57 Å². The Morgan fingerprint density at radius 3 is 2.33 bits per heavy atom.